The maximum absolute atomic E-state index is 12.5. The largest absolute Gasteiger partial charge is 0.497 e. The Morgan fingerprint density at radius 3 is 2.29 bits per heavy atom. The van der Waals surface area contributed by atoms with E-state index in [1.54, 1.807) is 55.6 Å². The van der Waals surface area contributed by atoms with E-state index in [0.717, 1.165) is 11.3 Å². The molecule has 0 aliphatic carbocycles. The van der Waals surface area contributed by atoms with Crippen molar-refractivity contribution in [2.75, 3.05) is 38.1 Å². The van der Waals surface area contributed by atoms with Gasteiger partial charge in [0.1, 0.15) is 23.1 Å². The van der Waals surface area contributed by atoms with Crippen LogP contribution in [0.25, 0.3) is 0 Å². The molecule has 1 amide bonds. The van der Waals surface area contributed by atoms with Crippen molar-refractivity contribution in [3.8, 4) is 11.5 Å². The summed E-state index contributed by atoms with van der Waals surface area (Å²) in [5.41, 5.74) is 0.816. The molecule has 0 unspecified atom stereocenters. The van der Waals surface area contributed by atoms with Gasteiger partial charge in [0.05, 0.1) is 13.7 Å². The predicted molar refractivity (Wildman–Crippen MR) is 117 cm³/mol. The van der Waals surface area contributed by atoms with Gasteiger partial charge in [0.15, 0.2) is 10.8 Å². The third-order valence-corrected chi connectivity index (χ3v) is 4.96. The third-order valence-electron chi connectivity index (χ3n) is 4.07. The van der Waals surface area contributed by atoms with Gasteiger partial charge in [-0.3, -0.25) is 4.79 Å². The highest BCUT2D eigenvalue weighted by Gasteiger charge is 2.20. The van der Waals surface area contributed by atoms with E-state index in [1.165, 1.54) is 7.11 Å². The molecule has 0 aliphatic heterocycles. The number of aromatic nitrogens is 1. The number of ether oxygens (including phenoxy) is 3. The second-order valence-electron chi connectivity index (χ2n) is 6.18. The van der Waals surface area contributed by atoms with E-state index >= 15 is 0 Å². The molecule has 2 aromatic carbocycles. The van der Waals surface area contributed by atoms with Crippen LogP contribution in [0.1, 0.15) is 20.8 Å². The minimum Gasteiger partial charge on any atom is -0.497 e. The molecule has 0 bridgehead atoms. The Morgan fingerprint density at radius 1 is 1.00 bits per heavy atom. The second kappa shape index (κ2) is 10.4. The van der Waals surface area contributed by atoms with Crippen LogP contribution in [0.4, 0.5) is 15.8 Å². The number of rotatable bonds is 10. The lowest BCUT2D eigenvalue weighted by atomic mass is 10.2. The molecule has 3 N–H and O–H groups in total. The van der Waals surface area contributed by atoms with Gasteiger partial charge >= 0.3 is 5.97 Å². The van der Waals surface area contributed by atoms with Crippen LogP contribution in [0.5, 0.6) is 11.5 Å². The van der Waals surface area contributed by atoms with Crippen molar-refractivity contribution in [2.24, 2.45) is 0 Å². The molecule has 3 aromatic rings. The van der Waals surface area contributed by atoms with Gasteiger partial charge in [0.2, 0.25) is 0 Å². The molecule has 0 atom stereocenters. The summed E-state index contributed by atoms with van der Waals surface area (Å²) in [5, 5.41) is 15.6. The Morgan fingerprint density at radius 2 is 1.68 bits per heavy atom. The van der Waals surface area contributed by atoms with Crippen LogP contribution in [-0.2, 0) is 4.74 Å². The van der Waals surface area contributed by atoms with Crippen molar-refractivity contribution in [3.05, 3.63) is 59.8 Å². The molecule has 162 valence electrons. The summed E-state index contributed by atoms with van der Waals surface area (Å²) in [6, 6.07) is 13.6. The van der Waals surface area contributed by atoms with E-state index in [9.17, 15) is 14.7 Å². The summed E-state index contributed by atoms with van der Waals surface area (Å²) < 4.78 is 15.5. The van der Waals surface area contributed by atoms with E-state index in [-0.39, 0.29) is 10.7 Å². The molecular formula is C21H21N3O6S. The maximum Gasteiger partial charge on any atom is 0.357 e. The lowest BCUT2D eigenvalue weighted by molar-refractivity contribution is 0.0692. The Kier molecular flexibility index (Phi) is 7.41. The molecule has 1 aromatic heterocycles. The number of nitrogens with one attached hydrogen (secondary N) is 2. The SMILES string of the molecule is COCCOc1ccc(Nc2nc(C(=O)O)c(NC(=O)c3ccc(OC)cc3)s2)cc1. The molecule has 10 heteroatoms. The summed E-state index contributed by atoms with van der Waals surface area (Å²) in [6.07, 6.45) is 0. The number of carbonyl (C=O) groups excluding carboxylic acids is 1. The quantitative estimate of drug-likeness (QED) is 0.404. The average molecular weight is 443 g/mol. The highest BCUT2D eigenvalue weighted by atomic mass is 32.1. The normalized spacial score (nSPS) is 10.4. The third kappa shape index (κ3) is 5.93. The number of anilines is 3. The Balaban J connectivity index is 1.71. The molecule has 0 radical (unpaired) electrons. The smallest absolute Gasteiger partial charge is 0.357 e. The number of hydrogen-bond donors (Lipinski definition) is 3. The number of carboxylic acid groups (broad SMARTS) is 1. The summed E-state index contributed by atoms with van der Waals surface area (Å²) in [6.45, 7) is 0.928. The average Bonchev–Trinajstić information content (AvgIpc) is 3.17. The van der Waals surface area contributed by atoms with Crippen LogP contribution in [-0.4, -0.2) is 49.4 Å². The van der Waals surface area contributed by atoms with Gasteiger partial charge in [-0.2, -0.15) is 0 Å². The standard InChI is InChI=1S/C21H21N3O6S/c1-28-11-12-30-16-9-5-14(6-10-16)22-21-23-17(20(26)27)19(31-21)24-18(25)13-3-7-15(29-2)8-4-13/h3-10H,11-12H2,1-2H3,(H,22,23)(H,24,25)(H,26,27). The summed E-state index contributed by atoms with van der Waals surface area (Å²) in [5.74, 6) is -0.392. The van der Waals surface area contributed by atoms with E-state index in [2.05, 4.69) is 15.6 Å². The van der Waals surface area contributed by atoms with Crippen LogP contribution in [0.15, 0.2) is 48.5 Å². The number of aromatic carboxylic acids is 1. The monoisotopic (exact) mass is 443 g/mol. The van der Waals surface area contributed by atoms with Crippen LogP contribution < -0.4 is 20.1 Å². The highest BCUT2D eigenvalue weighted by molar-refractivity contribution is 7.20. The minimum absolute atomic E-state index is 0.135. The minimum atomic E-state index is -1.24. The van der Waals surface area contributed by atoms with Crippen LogP contribution >= 0.6 is 11.3 Å². The van der Waals surface area contributed by atoms with Gasteiger partial charge in [-0.25, -0.2) is 9.78 Å². The van der Waals surface area contributed by atoms with Gasteiger partial charge < -0.3 is 30.0 Å². The number of amides is 1. The molecule has 0 saturated heterocycles. The number of thiazole rings is 1. The van der Waals surface area contributed by atoms with Gasteiger partial charge in [0, 0.05) is 18.4 Å². The molecule has 0 aliphatic rings. The molecule has 0 saturated carbocycles. The maximum atomic E-state index is 12.5. The first kappa shape index (κ1) is 22.1. The highest BCUT2D eigenvalue weighted by Crippen LogP contribution is 2.31. The Labute approximate surface area is 182 Å². The fourth-order valence-electron chi connectivity index (χ4n) is 2.52. The fraction of sp³-hybridized carbons (Fsp3) is 0.190. The van der Waals surface area contributed by atoms with Gasteiger partial charge in [-0.15, -0.1) is 0 Å². The first-order valence-electron chi connectivity index (χ1n) is 9.18. The number of hydrogen-bond acceptors (Lipinski definition) is 8. The summed E-state index contributed by atoms with van der Waals surface area (Å²) >= 11 is 1.03. The van der Waals surface area contributed by atoms with Crippen LogP contribution in [0.2, 0.25) is 0 Å². The first-order chi connectivity index (χ1) is 15.0. The second-order valence-corrected chi connectivity index (χ2v) is 7.17. The number of methoxy groups -OCH3 is 2. The number of carbonyl (C=O) groups is 2. The Hall–Kier alpha value is -3.63. The van der Waals surface area contributed by atoms with Crippen LogP contribution in [0, 0.1) is 0 Å². The van der Waals surface area contributed by atoms with E-state index in [4.69, 9.17) is 14.2 Å². The lowest BCUT2D eigenvalue weighted by Gasteiger charge is -2.07. The van der Waals surface area contributed by atoms with Crippen LogP contribution in [0.3, 0.4) is 0 Å². The first-order valence-corrected chi connectivity index (χ1v) is 10.00. The zero-order valence-electron chi connectivity index (χ0n) is 16.9. The Bertz CT molecular complexity index is 1030. The lowest BCUT2D eigenvalue weighted by Crippen LogP contribution is -2.13. The number of carboxylic acids is 1. The van der Waals surface area contributed by atoms with Gasteiger partial charge in [-0.1, -0.05) is 11.3 Å². The summed E-state index contributed by atoms with van der Waals surface area (Å²) in [7, 11) is 3.13. The molecule has 31 heavy (non-hydrogen) atoms. The van der Waals surface area contributed by atoms with Gasteiger partial charge in [-0.05, 0) is 48.5 Å². The fourth-order valence-corrected chi connectivity index (χ4v) is 3.39. The van der Waals surface area contributed by atoms with Crippen molar-refractivity contribution in [3.63, 3.8) is 0 Å². The predicted octanol–water partition coefficient (Wildman–Crippen LogP) is 3.87. The van der Waals surface area contributed by atoms with Crippen molar-refractivity contribution in [1.29, 1.82) is 0 Å². The summed E-state index contributed by atoms with van der Waals surface area (Å²) in [4.78, 5) is 28.2. The molecular weight excluding hydrogens is 422 g/mol. The number of benzene rings is 2. The van der Waals surface area contributed by atoms with Crippen molar-refractivity contribution >= 4 is 39.0 Å². The molecule has 0 fully saturated rings. The van der Waals surface area contributed by atoms with E-state index in [0.29, 0.717) is 41.1 Å². The number of nitrogens with zero attached hydrogens (tertiary/aromatic N) is 1. The van der Waals surface area contributed by atoms with E-state index in [1.807, 2.05) is 0 Å². The molecule has 9 nitrogen and oxygen atoms in total. The van der Waals surface area contributed by atoms with Crippen molar-refractivity contribution < 1.29 is 28.9 Å². The topological polar surface area (TPSA) is 119 Å². The van der Waals surface area contributed by atoms with E-state index < -0.39 is 11.9 Å². The zero-order chi connectivity index (χ0) is 22.2. The molecule has 0 spiro atoms. The molecule has 1 heterocycles. The molecule has 3 rings (SSSR count). The van der Waals surface area contributed by atoms with Crippen molar-refractivity contribution in [2.45, 2.75) is 0 Å². The van der Waals surface area contributed by atoms with Gasteiger partial charge in [0.25, 0.3) is 5.91 Å². The zero-order valence-corrected chi connectivity index (χ0v) is 17.7. The van der Waals surface area contributed by atoms with Crippen molar-refractivity contribution in [1.82, 2.24) is 4.98 Å².